The fourth-order valence-corrected chi connectivity index (χ4v) is 2.79. The first-order chi connectivity index (χ1) is 12.7. The number of amides is 1. The van der Waals surface area contributed by atoms with E-state index in [0.717, 1.165) is 16.3 Å². The van der Waals surface area contributed by atoms with Crippen molar-refractivity contribution in [1.29, 1.82) is 5.26 Å². The average molecular weight is 342 g/mol. The van der Waals surface area contributed by atoms with Crippen molar-refractivity contribution in [2.75, 3.05) is 6.54 Å². The van der Waals surface area contributed by atoms with Gasteiger partial charge in [-0.05, 0) is 34.9 Å². The molecule has 0 spiro atoms. The SMILES string of the molecule is N#C/C(=C/c1c(O)ccc2ccccc12)C(=O)NCCc1ccccc1. The summed E-state index contributed by atoms with van der Waals surface area (Å²) in [5, 5.41) is 24.0. The molecule has 0 heterocycles. The first kappa shape index (κ1) is 17.2. The van der Waals surface area contributed by atoms with Crippen LogP contribution < -0.4 is 5.32 Å². The van der Waals surface area contributed by atoms with Crippen molar-refractivity contribution in [3.05, 3.63) is 83.4 Å². The van der Waals surface area contributed by atoms with Gasteiger partial charge >= 0.3 is 0 Å². The Hall–Kier alpha value is -3.58. The topological polar surface area (TPSA) is 73.1 Å². The van der Waals surface area contributed by atoms with Gasteiger partial charge in [0.2, 0.25) is 0 Å². The van der Waals surface area contributed by atoms with Gasteiger partial charge in [0.05, 0.1) is 0 Å². The van der Waals surface area contributed by atoms with Gasteiger partial charge in [0.25, 0.3) is 5.91 Å². The molecule has 26 heavy (non-hydrogen) atoms. The minimum atomic E-state index is -0.448. The van der Waals surface area contributed by atoms with Crippen molar-refractivity contribution in [2.24, 2.45) is 0 Å². The van der Waals surface area contributed by atoms with Crippen LogP contribution in [0.3, 0.4) is 0 Å². The lowest BCUT2D eigenvalue weighted by Gasteiger charge is -2.07. The number of aromatic hydroxyl groups is 1. The first-order valence-corrected chi connectivity index (χ1v) is 8.33. The maximum Gasteiger partial charge on any atom is 0.261 e. The number of hydrogen-bond acceptors (Lipinski definition) is 3. The number of fused-ring (bicyclic) bond motifs is 1. The van der Waals surface area contributed by atoms with E-state index in [-0.39, 0.29) is 11.3 Å². The molecule has 3 aromatic carbocycles. The van der Waals surface area contributed by atoms with Crippen LogP contribution in [0.4, 0.5) is 0 Å². The molecule has 0 atom stereocenters. The molecule has 1 amide bonds. The van der Waals surface area contributed by atoms with Crippen LogP contribution in [0.1, 0.15) is 11.1 Å². The van der Waals surface area contributed by atoms with Crippen molar-refractivity contribution in [1.82, 2.24) is 5.32 Å². The van der Waals surface area contributed by atoms with E-state index in [0.29, 0.717) is 18.5 Å². The van der Waals surface area contributed by atoms with Crippen LogP contribution in [0.5, 0.6) is 5.75 Å². The highest BCUT2D eigenvalue weighted by Gasteiger charge is 2.12. The van der Waals surface area contributed by atoms with Gasteiger partial charge in [-0.2, -0.15) is 5.26 Å². The van der Waals surface area contributed by atoms with Crippen LogP contribution in [0, 0.1) is 11.3 Å². The molecule has 0 unspecified atom stereocenters. The van der Waals surface area contributed by atoms with Gasteiger partial charge in [0.1, 0.15) is 17.4 Å². The zero-order valence-corrected chi connectivity index (χ0v) is 14.1. The zero-order valence-electron chi connectivity index (χ0n) is 14.1. The van der Waals surface area contributed by atoms with Gasteiger partial charge in [-0.25, -0.2) is 0 Å². The number of carbonyl (C=O) groups excluding carboxylic acids is 1. The summed E-state index contributed by atoms with van der Waals surface area (Å²) in [5.74, 6) is -0.413. The van der Waals surface area contributed by atoms with Gasteiger partial charge in [-0.3, -0.25) is 4.79 Å². The predicted octanol–water partition coefficient (Wildman–Crippen LogP) is 3.81. The minimum Gasteiger partial charge on any atom is -0.507 e. The lowest BCUT2D eigenvalue weighted by molar-refractivity contribution is -0.117. The van der Waals surface area contributed by atoms with Crippen LogP contribution in [0.15, 0.2) is 72.3 Å². The summed E-state index contributed by atoms with van der Waals surface area (Å²) in [5.41, 5.74) is 1.55. The highest BCUT2D eigenvalue weighted by Crippen LogP contribution is 2.29. The Balaban J connectivity index is 1.79. The third-order valence-corrected chi connectivity index (χ3v) is 4.14. The normalized spacial score (nSPS) is 11.1. The van der Waals surface area contributed by atoms with Crippen LogP contribution in [0.2, 0.25) is 0 Å². The molecule has 0 aromatic heterocycles. The van der Waals surface area contributed by atoms with Gasteiger partial charge in [0, 0.05) is 12.1 Å². The smallest absolute Gasteiger partial charge is 0.261 e. The molecule has 2 N–H and O–H groups in total. The third-order valence-electron chi connectivity index (χ3n) is 4.14. The Morgan fingerprint density at radius 2 is 1.77 bits per heavy atom. The highest BCUT2D eigenvalue weighted by molar-refractivity contribution is 6.04. The summed E-state index contributed by atoms with van der Waals surface area (Å²) >= 11 is 0. The van der Waals surface area contributed by atoms with Gasteiger partial charge in [0.15, 0.2) is 0 Å². The van der Waals surface area contributed by atoms with Gasteiger partial charge in [-0.1, -0.05) is 60.7 Å². The van der Waals surface area contributed by atoms with E-state index >= 15 is 0 Å². The largest absolute Gasteiger partial charge is 0.507 e. The summed E-state index contributed by atoms with van der Waals surface area (Å²) < 4.78 is 0. The van der Waals surface area contributed by atoms with Crippen LogP contribution in [-0.4, -0.2) is 17.6 Å². The Labute approximate surface area is 152 Å². The van der Waals surface area contributed by atoms with E-state index in [4.69, 9.17) is 0 Å². The molecule has 0 fully saturated rings. The second kappa shape index (κ2) is 8.00. The number of nitrogens with zero attached hydrogens (tertiary/aromatic N) is 1. The molecular weight excluding hydrogens is 324 g/mol. The van der Waals surface area contributed by atoms with Crippen molar-refractivity contribution in [3.8, 4) is 11.8 Å². The summed E-state index contributed by atoms with van der Waals surface area (Å²) in [6.45, 7) is 0.434. The fraction of sp³-hybridized carbons (Fsp3) is 0.0909. The average Bonchev–Trinajstić information content (AvgIpc) is 2.68. The second-order valence-corrected chi connectivity index (χ2v) is 5.88. The van der Waals surface area contributed by atoms with Gasteiger partial charge in [-0.15, -0.1) is 0 Å². The first-order valence-electron chi connectivity index (χ1n) is 8.33. The monoisotopic (exact) mass is 342 g/mol. The summed E-state index contributed by atoms with van der Waals surface area (Å²) in [6.07, 6.45) is 2.13. The molecule has 0 aliphatic carbocycles. The van der Waals surface area contributed by atoms with Crippen LogP contribution >= 0.6 is 0 Å². The number of nitriles is 1. The molecule has 0 radical (unpaired) electrons. The zero-order chi connectivity index (χ0) is 18.4. The fourth-order valence-electron chi connectivity index (χ4n) is 2.79. The number of benzene rings is 3. The molecule has 3 aromatic rings. The second-order valence-electron chi connectivity index (χ2n) is 5.88. The van der Waals surface area contributed by atoms with E-state index in [2.05, 4.69) is 5.32 Å². The number of rotatable bonds is 5. The Morgan fingerprint density at radius 1 is 1.04 bits per heavy atom. The highest BCUT2D eigenvalue weighted by atomic mass is 16.3. The van der Waals surface area contributed by atoms with Crippen molar-refractivity contribution in [3.63, 3.8) is 0 Å². The van der Waals surface area contributed by atoms with Gasteiger partial charge < -0.3 is 10.4 Å². The van der Waals surface area contributed by atoms with Crippen molar-refractivity contribution < 1.29 is 9.90 Å². The van der Waals surface area contributed by atoms with E-state index in [1.165, 1.54) is 6.08 Å². The number of phenolic OH excluding ortho intramolecular Hbond substituents is 1. The molecule has 0 bridgehead atoms. The number of nitrogens with one attached hydrogen (secondary N) is 1. The molecule has 0 saturated heterocycles. The lowest BCUT2D eigenvalue weighted by atomic mass is 10.0. The molecule has 0 aliphatic rings. The quantitative estimate of drug-likeness (QED) is 0.547. The van der Waals surface area contributed by atoms with Crippen LogP contribution in [-0.2, 0) is 11.2 Å². The van der Waals surface area contributed by atoms with E-state index in [1.54, 1.807) is 12.1 Å². The lowest BCUT2D eigenvalue weighted by Crippen LogP contribution is -2.26. The summed E-state index contributed by atoms with van der Waals surface area (Å²) in [6, 6.07) is 22.6. The maximum absolute atomic E-state index is 12.3. The molecule has 4 heteroatoms. The molecule has 0 saturated carbocycles. The minimum absolute atomic E-state index is 0.0357. The van der Waals surface area contributed by atoms with E-state index in [9.17, 15) is 15.2 Å². The summed E-state index contributed by atoms with van der Waals surface area (Å²) in [4.78, 5) is 12.3. The van der Waals surface area contributed by atoms with E-state index in [1.807, 2.05) is 60.7 Å². The molecule has 3 rings (SSSR count). The van der Waals surface area contributed by atoms with Crippen molar-refractivity contribution in [2.45, 2.75) is 6.42 Å². The number of hydrogen-bond donors (Lipinski definition) is 2. The number of carbonyl (C=O) groups is 1. The Bertz CT molecular complexity index is 1000. The molecular formula is C22H18N2O2. The number of phenols is 1. The molecule has 0 aliphatic heterocycles. The summed E-state index contributed by atoms with van der Waals surface area (Å²) in [7, 11) is 0. The Kier molecular flexibility index (Phi) is 5.31. The van der Waals surface area contributed by atoms with E-state index < -0.39 is 5.91 Å². The molecule has 4 nitrogen and oxygen atoms in total. The maximum atomic E-state index is 12.3. The third kappa shape index (κ3) is 3.90. The standard InChI is InChI=1S/C22H18N2O2/c23-15-18(22(26)24-13-12-16-6-2-1-3-7-16)14-20-19-9-5-4-8-17(19)10-11-21(20)25/h1-11,14,25H,12-13H2,(H,24,26)/b18-14-. The predicted molar refractivity (Wildman–Crippen MR) is 102 cm³/mol. The van der Waals surface area contributed by atoms with Crippen LogP contribution in [0.25, 0.3) is 16.8 Å². The molecule has 128 valence electrons. The van der Waals surface area contributed by atoms with Crippen molar-refractivity contribution >= 4 is 22.8 Å². The Morgan fingerprint density at radius 3 is 2.54 bits per heavy atom.